The molecule has 0 radical (unpaired) electrons. The molecule has 0 bridgehead atoms. The predicted octanol–water partition coefficient (Wildman–Crippen LogP) is 4.52. The lowest BCUT2D eigenvalue weighted by atomic mass is 10.0. The summed E-state index contributed by atoms with van der Waals surface area (Å²) < 4.78 is 27.2. The van der Waals surface area contributed by atoms with Gasteiger partial charge in [0, 0.05) is 6.54 Å². The Morgan fingerprint density at radius 1 is 1.00 bits per heavy atom. The molecule has 0 spiro atoms. The molecule has 0 unspecified atom stereocenters. The number of carbonyl (C=O) groups is 1. The number of aromatic carboxylic acids is 1. The molecule has 0 saturated heterocycles. The van der Waals surface area contributed by atoms with Crippen LogP contribution in [0.3, 0.4) is 0 Å². The Labute approximate surface area is 171 Å². The van der Waals surface area contributed by atoms with Gasteiger partial charge in [-0.05, 0) is 59.2 Å². The summed E-state index contributed by atoms with van der Waals surface area (Å²) in [4.78, 5) is 11.9. The minimum atomic E-state index is -3.54. The van der Waals surface area contributed by atoms with Crippen LogP contribution < -0.4 is 4.72 Å². The average molecular weight is 412 g/mol. The summed E-state index contributed by atoms with van der Waals surface area (Å²) in [6.07, 6.45) is 1.15. The van der Waals surface area contributed by atoms with E-state index in [9.17, 15) is 18.3 Å². The van der Waals surface area contributed by atoms with E-state index in [0.29, 0.717) is 24.3 Å². The molecule has 6 heteroatoms. The number of aryl methyl sites for hydroxylation is 1. The van der Waals surface area contributed by atoms with Crippen molar-refractivity contribution >= 4 is 16.0 Å². The van der Waals surface area contributed by atoms with Gasteiger partial charge >= 0.3 is 5.97 Å². The van der Waals surface area contributed by atoms with Crippen LogP contribution in [0.4, 0.5) is 0 Å². The normalized spacial score (nSPS) is 11.8. The van der Waals surface area contributed by atoms with Crippen LogP contribution in [-0.2, 0) is 16.4 Å². The van der Waals surface area contributed by atoms with Gasteiger partial charge in [0.05, 0.1) is 10.5 Å². The van der Waals surface area contributed by atoms with Gasteiger partial charge in [0.1, 0.15) is 0 Å². The number of hydrogen-bond donors (Lipinski definition) is 2. The second-order valence-corrected chi connectivity index (χ2v) is 9.12. The molecule has 0 amide bonds. The lowest BCUT2D eigenvalue weighted by Crippen LogP contribution is -2.25. The molecule has 0 atom stereocenters. The smallest absolute Gasteiger partial charge is 0.336 e. The van der Waals surface area contributed by atoms with Crippen molar-refractivity contribution in [3.8, 4) is 11.1 Å². The first-order valence-corrected chi connectivity index (χ1v) is 11.1. The summed E-state index contributed by atoms with van der Waals surface area (Å²) in [5.74, 6) is -0.612. The molecular formula is C23H25NO4S. The fraction of sp³-hybridized carbons (Fsp3) is 0.261. The fourth-order valence-electron chi connectivity index (χ4n) is 3.38. The van der Waals surface area contributed by atoms with E-state index < -0.39 is 16.0 Å². The first kappa shape index (κ1) is 21.0. The van der Waals surface area contributed by atoms with E-state index >= 15 is 0 Å². The molecule has 2 aliphatic rings. The quantitative estimate of drug-likeness (QED) is 0.534. The Hall–Kier alpha value is -2.70. The number of hydrogen-bond acceptors (Lipinski definition) is 3. The SMILES string of the molecule is CC(C)c1ccc2c(CCCNS(=O)(=O)c3ccccc3)cc(C(=O)O)c-2cc1. The minimum absolute atomic E-state index is 0.236. The van der Waals surface area contributed by atoms with Gasteiger partial charge in [-0.25, -0.2) is 17.9 Å². The van der Waals surface area contributed by atoms with E-state index in [1.54, 1.807) is 36.4 Å². The van der Waals surface area contributed by atoms with Gasteiger partial charge in [0.2, 0.25) is 10.0 Å². The maximum atomic E-state index is 12.3. The van der Waals surface area contributed by atoms with E-state index in [0.717, 1.165) is 16.7 Å². The van der Waals surface area contributed by atoms with Crippen LogP contribution in [0.1, 0.15) is 47.7 Å². The van der Waals surface area contributed by atoms with Crippen molar-refractivity contribution in [3.63, 3.8) is 0 Å². The van der Waals surface area contributed by atoms with Crippen molar-refractivity contribution in [2.24, 2.45) is 0 Å². The Bertz CT molecular complexity index is 1080. The maximum Gasteiger partial charge on any atom is 0.336 e. The summed E-state index contributed by atoms with van der Waals surface area (Å²) >= 11 is 0. The first-order chi connectivity index (χ1) is 13.8. The second kappa shape index (κ2) is 8.76. The second-order valence-electron chi connectivity index (χ2n) is 7.35. The highest BCUT2D eigenvalue weighted by Gasteiger charge is 2.20. The topological polar surface area (TPSA) is 83.5 Å². The number of nitrogens with one attached hydrogen (secondary N) is 1. The average Bonchev–Trinajstić information content (AvgIpc) is 2.88. The molecule has 152 valence electrons. The highest BCUT2D eigenvalue weighted by atomic mass is 32.2. The van der Waals surface area contributed by atoms with Gasteiger partial charge in [0.25, 0.3) is 0 Å². The molecule has 3 rings (SSSR count). The predicted molar refractivity (Wildman–Crippen MR) is 114 cm³/mol. The fourth-order valence-corrected chi connectivity index (χ4v) is 4.47. The largest absolute Gasteiger partial charge is 0.478 e. The van der Waals surface area contributed by atoms with Gasteiger partial charge in [0.15, 0.2) is 0 Å². The summed E-state index contributed by atoms with van der Waals surface area (Å²) in [7, 11) is -3.54. The van der Waals surface area contributed by atoms with Crippen LogP contribution in [0.2, 0.25) is 0 Å². The number of carboxylic acid groups (broad SMARTS) is 1. The Kier molecular flexibility index (Phi) is 6.35. The van der Waals surface area contributed by atoms with Crippen molar-refractivity contribution in [2.45, 2.75) is 37.5 Å². The van der Waals surface area contributed by atoms with E-state index in [4.69, 9.17) is 0 Å². The lowest BCUT2D eigenvalue weighted by Gasteiger charge is -2.07. The number of carboxylic acids is 1. The zero-order valence-corrected chi connectivity index (χ0v) is 17.4. The van der Waals surface area contributed by atoms with Crippen LogP contribution >= 0.6 is 0 Å². The highest BCUT2D eigenvalue weighted by molar-refractivity contribution is 7.89. The third-order valence-electron chi connectivity index (χ3n) is 5.00. The molecule has 0 heterocycles. The van der Waals surface area contributed by atoms with Gasteiger partial charge in [-0.3, -0.25) is 0 Å². The van der Waals surface area contributed by atoms with Crippen LogP contribution in [-0.4, -0.2) is 26.0 Å². The lowest BCUT2D eigenvalue weighted by molar-refractivity contribution is 0.0698. The first-order valence-electron chi connectivity index (χ1n) is 9.63. The summed E-state index contributed by atoms with van der Waals surface area (Å²) in [6.45, 7) is 4.47. The van der Waals surface area contributed by atoms with Gasteiger partial charge < -0.3 is 5.11 Å². The molecule has 1 aromatic rings. The zero-order chi connectivity index (χ0) is 21.0. The summed E-state index contributed by atoms with van der Waals surface area (Å²) in [5.41, 5.74) is 3.96. The van der Waals surface area contributed by atoms with Crippen LogP contribution in [0.15, 0.2) is 65.6 Å². The van der Waals surface area contributed by atoms with Crippen LogP contribution in [0, 0.1) is 0 Å². The Morgan fingerprint density at radius 3 is 2.28 bits per heavy atom. The Balaban J connectivity index is 1.76. The third kappa shape index (κ3) is 4.83. The van der Waals surface area contributed by atoms with Crippen molar-refractivity contribution in [1.29, 1.82) is 0 Å². The molecule has 29 heavy (non-hydrogen) atoms. The molecule has 5 nitrogen and oxygen atoms in total. The standard InChI is InChI=1S/C23H25NO4S/c1-16(2)17-10-12-20-18(15-22(23(25)26)21(20)13-11-17)7-6-14-24-29(27,28)19-8-4-3-5-9-19/h3-5,8-13,15-16,24H,6-7,14H2,1-2H3,(H,25,26). The number of sulfonamides is 1. The van der Waals surface area contributed by atoms with Crippen LogP contribution in [0.25, 0.3) is 11.1 Å². The Morgan fingerprint density at radius 2 is 1.66 bits per heavy atom. The monoisotopic (exact) mass is 411 g/mol. The van der Waals surface area contributed by atoms with Crippen molar-refractivity contribution < 1.29 is 18.3 Å². The van der Waals surface area contributed by atoms with E-state index in [1.165, 1.54) is 0 Å². The summed E-state index contributed by atoms with van der Waals surface area (Å²) in [6, 6.07) is 17.8. The van der Waals surface area contributed by atoms with Crippen molar-refractivity contribution in [2.75, 3.05) is 6.54 Å². The summed E-state index contributed by atoms with van der Waals surface area (Å²) in [5, 5.41) is 9.57. The van der Waals surface area contributed by atoms with E-state index in [2.05, 4.69) is 18.6 Å². The van der Waals surface area contributed by atoms with Gasteiger partial charge in [-0.1, -0.05) is 56.3 Å². The number of benzene rings is 1. The van der Waals surface area contributed by atoms with E-state index in [-0.39, 0.29) is 17.0 Å². The zero-order valence-electron chi connectivity index (χ0n) is 16.6. The third-order valence-corrected chi connectivity index (χ3v) is 6.47. The molecular weight excluding hydrogens is 386 g/mol. The molecule has 0 aromatic heterocycles. The highest BCUT2D eigenvalue weighted by Crippen LogP contribution is 2.34. The molecule has 0 fully saturated rings. The molecule has 0 aliphatic heterocycles. The van der Waals surface area contributed by atoms with Crippen LogP contribution in [0.5, 0.6) is 0 Å². The maximum absolute atomic E-state index is 12.3. The van der Waals surface area contributed by atoms with Crippen molar-refractivity contribution in [3.05, 3.63) is 77.4 Å². The minimum Gasteiger partial charge on any atom is -0.478 e. The van der Waals surface area contributed by atoms with Gasteiger partial charge in [-0.15, -0.1) is 0 Å². The van der Waals surface area contributed by atoms with Crippen molar-refractivity contribution in [1.82, 2.24) is 4.72 Å². The molecule has 2 aliphatic carbocycles. The number of rotatable bonds is 8. The van der Waals surface area contributed by atoms with E-state index in [1.807, 2.05) is 24.3 Å². The molecule has 1 aromatic carbocycles. The molecule has 2 N–H and O–H groups in total. The number of fused-ring (bicyclic) bond motifs is 1. The van der Waals surface area contributed by atoms with Gasteiger partial charge in [-0.2, -0.15) is 0 Å². The molecule has 0 saturated carbocycles.